The van der Waals surface area contributed by atoms with Gasteiger partial charge in [-0.05, 0) is 62.7 Å². The lowest BCUT2D eigenvalue weighted by molar-refractivity contribution is -0.112. The van der Waals surface area contributed by atoms with Gasteiger partial charge >= 0.3 is 18.1 Å². The predicted octanol–water partition coefficient (Wildman–Crippen LogP) is 5.54. The zero-order valence-electron chi connectivity index (χ0n) is 27.0. The van der Waals surface area contributed by atoms with Gasteiger partial charge in [-0.25, -0.2) is 19.3 Å². The van der Waals surface area contributed by atoms with E-state index in [1.807, 2.05) is 73.6 Å². The quantitative estimate of drug-likeness (QED) is 0.291. The van der Waals surface area contributed by atoms with Crippen molar-refractivity contribution < 1.29 is 28.7 Å². The molecule has 0 bridgehead atoms. The molecule has 0 unspecified atom stereocenters. The molecule has 5 rings (SSSR count). The number of ether oxygens (including phenoxy) is 2. The second-order valence-corrected chi connectivity index (χ2v) is 12.3. The second-order valence-electron chi connectivity index (χ2n) is 12.3. The first-order valence-corrected chi connectivity index (χ1v) is 15.1. The normalized spacial score (nSPS) is 15.7. The molecule has 2 aliphatic heterocycles. The number of rotatable bonds is 5. The number of urea groups is 1. The van der Waals surface area contributed by atoms with Gasteiger partial charge in [0, 0.05) is 57.2 Å². The number of methoxy groups -OCH3 is 1. The molecule has 0 radical (unpaired) electrons. The summed E-state index contributed by atoms with van der Waals surface area (Å²) in [5.41, 5.74) is 3.64. The molecule has 11 nitrogen and oxygen atoms in total. The number of amides is 4. The highest BCUT2D eigenvalue weighted by Gasteiger charge is 2.42. The number of nitrogens with zero attached hydrogens (tertiary/aromatic N) is 4. The Morgan fingerprint density at radius 2 is 1.46 bits per heavy atom. The molecule has 240 valence electrons. The summed E-state index contributed by atoms with van der Waals surface area (Å²) in [6.07, 6.45) is -0.452. The maximum absolute atomic E-state index is 14.4. The van der Waals surface area contributed by atoms with E-state index in [2.05, 4.69) is 5.32 Å². The number of piperazine rings is 1. The van der Waals surface area contributed by atoms with Crippen LogP contribution in [0.25, 0.3) is 11.3 Å². The fourth-order valence-electron chi connectivity index (χ4n) is 5.36. The van der Waals surface area contributed by atoms with Crippen LogP contribution in [0.3, 0.4) is 0 Å². The molecule has 3 aromatic rings. The Bertz CT molecular complexity index is 1670. The zero-order chi connectivity index (χ0) is 33.2. The summed E-state index contributed by atoms with van der Waals surface area (Å²) in [5, 5.41) is 3.44. The van der Waals surface area contributed by atoms with Gasteiger partial charge in [0.15, 0.2) is 0 Å². The van der Waals surface area contributed by atoms with Crippen molar-refractivity contribution in [2.75, 3.05) is 62.5 Å². The molecule has 11 heteroatoms. The summed E-state index contributed by atoms with van der Waals surface area (Å²) in [6, 6.07) is 21.4. The Morgan fingerprint density at radius 1 is 0.826 bits per heavy atom. The molecule has 0 saturated carbocycles. The summed E-state index contributed by atoms with van der Waals surface area (Å²) < 4.78 is 10.4. The minimum absolute atomic E-state index is 0.203. The van der Waals surface area contributed by atoms with Crippen molar-refractivity contribution in [3.05, 3.63) is 89.5 Å². The smallest absolute Gasteiger partial charge is 0.410 e. The Labute approximate surface area is 269 Å². The topological polar surface area (TPSA) is 112 Å². The first-order chi connectivity index (χ1) is 21.9. The van der Waals surface area contributed by atoms with Gasteiger partial charge in [-0.2, -0.15) is 0 Å². The van der Waals surface area contributed by atoms with Crippen LogP contribution >= 0.6 is 0 Å². The van der Waals surface area contributed by atoms with Crippen molar-refractivity contribution in [2.45, 2.75) is 26.4 Å². The first-order valence-electron chi connectivity index (χ1n) is 15.1. The number of carbonyl (C=O) groups is 4. The third-order valence-electron chi connectivity index (χ3n) is 7.70. The van der Waals surface area contributed by atoms with E-state index in [0.29, 0.717) is 11.3 Å². The molecule has 1 saturated heterocycles. The zero-order valence-corrected chi connectivity index (χ0v) is 27.0. The first kappa shape index (κ1) is 32.1. The number of carbonyl (C=O) groups excluding carboxylic acids is 4. The summed E-state index contributed by atoms with van der Waals surface area (Å²) in [4.78, 5) is 59.9. The fraction of sp³-hybridized carbons (Fsp3) is 0.314. The molecular weight excluding hydrogens is 586 g/mol. The van der Waals surface area contributed by atoms with Crippen molar-refractivity contribution in [3.63, 3.8) is 0 Å². The molecular formula is C35H39N5O6. The minimum atomic E-state index is -0.644. The van der Waals surface area contributed by atoms with Crippen LogP contribution in [0.15, 0.2) is 72.8 Å². The molecule has 3 aromatic carbocycles. The number of fused-ring (bicyclic) bond motifs is 1. The Kier molecular flexibility index (Phi) is 9.04. The molecule has 2 heterocycles. The van der Waals surface area contributed by atoms with E-state index in [-0.39, 0.29) is 43.0 Å². The highest BCUT2D eigenvalue weighted by Crippen LogP contribution is 2.42. The number of hydrogen-bond donors (Lipinski definition) is 1. The van der Waals surface area contributed by atoms with Crippen LogP contribution in [0.1, 0.15) is 42.3 Å². The van der Waals surface area contributed by atoms with E-state index in [1.54, 1.807) is 37.8 Å². The summed E-state index contributed by atoms with van der Waals surface area (Å²) >= 11 is 0. The third kappa shape index (κ3) is 6.68. The maximum Gasteiger partial charge on any atom is 0.410 e. The largest absolute Gasteiger partial charge is 0.465 e. The van der Waals surface area contributed by atoms with Crippen LogP contribution in [0, 0.1) is 0 Å². The monoisotopic (exact) mass is 625 g/mol. The molecule has 0 spiro atoms. The lowest BCUT2D eigenvalue weighted by Crippen LogP contribution is -2.55. The number of benzene rings is 3. The summed E-state index contributed by atoms with van der Waals surface area (Å²) in [6.45, 7) is 6.30. The fourth-order valence-corrected chi connectivity index (χ4v) is 5.36. The summed E-state index contributed by atoms with van der Waals surface area (Å²) in [5.74, 6) is -1.12. The average molecular weight is 626 g/mol. The van der Waals surface area contributed by atoms with Crippen molar-refractivity contribution in [2.24, 2.45) is 0 Å². The second kappa shape index (κ2) is 13.0. The molecule has 0 atom stereocenters. The van der Waals surface area contributed by atoms with Crippen LogP contribution in [0.5, 0.6) is 0 Å². The van der Waals surface area contributed by atoms with Crippen LogP contribution in [-0.4, -0.2) is 86.8 Å². The Balaban J connectivity index is 1.55. The number of imide groups is 1. The van der Waals surface area contributed by atoms with Gasteiger partial charge in [-0.1, -0.05) is 36.4 Å². The van der Waals surface area contributed by atoms with E-state index in [4.69, 9.17) is 9.47 Å². The Morgan fingerprint density at radius 3 is 2.04 bits per heavy atom. The number of anilines is 3. The van der Waals surface area contributed by atoms with Crippen LogP contribution in [0.4, 0.5) is 26.7 Å². The lowest BCUT2D eigenvalue weighted by Gasteiger charge is -2.36. The van der Waals surface area contributed by atoms with Gasteiger partial charge in [-0.3, -0.25) is 4.79 Å². The van der Waals surface area contributed by atoms with E-state index in [0.717, 1.165) is 21.8 Å². The molecule has 46 heavy (non-hydrogen) atoms. The van der Waals surface area contributed by atoms with Crippen molar-refractivity contribution >= 4 is 52.3 Å². The van der Waals surface area contributed by atoms with Crippen molar-refractivity contribution in [3.8, 4) is 0 Å². The highest BCUT2D eigenvalue weighted by atomic mass is 16.6. The molecule has 0 aromatic heterocycles. The van der Waals surface area contributed by atoms with Gasteiger partial charge in [-0.15, -0.1) is 0 Å². The van der Waals surface area contributed by atoms with Gasteiger partial charge in [0.05, 0.1) is 29.6 Å². The van der Waals surface area contributed by atoms with E-state index in [1.165, 1.54) is 18.1 Å². The van der Waals surface area contributed by atoms with Crippen LogP contribution < -0.4 is 15.1 Å². The van der Waals surface area contributed by atoms with Gasteiger partial charge in [0.2, 0.25) is 0 Å². The van der Waals surface area contributed by atoms with Crippen LogP contribution in [-0.2, 0) is 14.3 Å². The van der Waals surface area contributed by atoms with E-state index >= 15 is 0 Å². The molecule has 0 aliphatic carbocycles. The van der Waals surface area contributed by atoms with Crippen molar-refractivity contribution in [1.29, 1.82) is 0 Å². The van der Waals surface area contributed by atoms with Gasteiger partial charge < -0.3 is 29.5 Å². The molecule has 1 N–H and O–H groups in total. The number of nitrogens with one attached hydrogen (secondary N) is 1. The van der Waals surface area contributed by atoms with E-state index < -0.39 is 29.6 Å². The van der Waals surface area contributed by atoms with E-state index in [9.17, 15) is 19.2 Å². The maximum atomic E-state index is 14.4. The Hall–Kier alpha value is -5.32. The van der Waals surface area contributed by atoms with Crippen LogP contribution in [0.2, 0.25) is 0 Å². The van der Waals surface area contributed by atoms with Gasteiger partial charge in [0.1, 0.15) is 5.60 Å². The standard InChI is InChI=1S/C35H39N5O6/c1-35(2,3)46-34(44)39-20-18-38(19-21-39)33(43)40-28-22-24(32(42)45-6)12-17-27(28)29(31(40)41)30(23-10-8-7-9-11-23)36-25-13-15-26(16-14-25)37(4)5/h7-17,22,36H,18-21H2,1-6H3/b30-29-. The molecule has 2 aliphatic rings. The number of esters is 1. The highest BCUT2D eigenvalue weighted by molar-refractivity contribution is 6.44. The third-order valence-corrected chi connectivity index (χ3v) is 7.70. The van der Waals surface area contributed by atoms with Crippen molar-refractivity contribution in [1.82, 2.24) is 9.80 Å². The number of hydrogen-bond acceptors (Lipinski definition) is 8. The molecule has 4 amide bonds. The SMILES string of the molecule is COC(=O)c1ccc2c(c1)N(C(=O)N1CCN(C(=O)OC(C)(C)C)CC1)C(=O)/C2=C(\Nc1ccc(N(C)C)cc1)c1ccccc1. The summed E-state index contributed by atoms with van der Waals surface area (Å²) in [7, 11) is 5.19. The molecule has 1 fully saturated rings. The van der Waals surface area contributed by atoms with Gasteiger partial charge in [0.25, 0.3) is 5.91 Å². The minimum Gasteiger partial charge on any atom is -0.465 e. The average Bonchev–Trinajstić information content (AvgIpc) is 3.33. The predicted molar refractivity (Wildman–Crippen MR) is 178 cm³/mol. The lowest BCUT2D eigenvalue weighted by atomic mass is 9.99.